The third kappa shape index (κ3) is 2.77. The molecule has 0 atom stereocenters. The fourth-order valence-corrected chi connectivity index (χ4v) is 3.16. The van der Waals surface area contributed by atoms with Gasteiger partial charge in [0.2, 0.25) is 0 Å². The Balaban J connectivity index is 2.35. The summed E-state index contributed by atoms with van der Waals surface area (Å²) in [6.45, 7) is 0.763. The van der Waals surface area contributed by atoms with Crippen LogP contribution in [0.1, 0.15) is 36.8 Å². The maximum Gasteiger partial charge on any atom is 0.314 e. The van der Waals surface area contributed by atoms with Gasteiger partial charge in [-0.25, -0.2) is 0 Å². The van der Waals surface area contributed by atoms with Crippen molar-refractivity contribution in [3.05, 3.63) is 34.3 Å². The van der Waals surface area contributed by atoms with Gasteiger partial charge in [-0.2, -0.15) is 0 Å². The molecular weight excluding hydrogens is 262 g/mol. The molecule has 0 aliphatic heterocycles. The Hall–Kier alpha value is -1.06. The van der Waals surface area contributed by atoms with Crippen molar-refractivity contribution in [3.63, 3.8) is 0 Å². The average Bonchev–Trinajstić information content (AvgIpc) is 2.81. The Kier molecular flexibility index (Phi) is 4.16. The van der Waals surface area contributed by atoms with Gasteiger partial charge in [0.25, 0.3) is 0 Å². The normalized spacial score (nSPS) is 17.9. The highest BCUT2D eigenvalue weighted by Crippen LogP contribution is 2.42. The molecule has 2 rings (SSSR count). The monoisotopic (exact) mass is 281 g/mol. The fourth-order valence-electron chi connectivity index (χ4n) is 2.92. The van der Waals surface area contributed by atoms with Gasteiger partial charge in [-0.1, -0.05) is 36.6 Å². The van der Waals surface area contributed by atoms with E-state index < -0.39 is 11.4 Å². The van der Waals surface area contributed by atoms with Crippen LogP contribution in [0.15, 0.2) is 18.2 Å². The Morgan fingerprint density at radius 1 is 1.37 bits per heavy atom. The minimum absolute atomic E-state index is 0.665. The number of carboxylic acid groups (broad SMARTS) is 1. The first kappa shape index (κ1) is 14.4. The summed E-state index contributed by atoms with van der Waals surface area (Å²) in [7, 11) is 3.97. The summed E-state index contributed by atoms with van der Waals surface area (Å²) in [5.41, 5.74) is 1.17. The molecule has 19 heavy (non-hydrogen) atoms. The topological polar surface area (TPSA) is 40.5 Å². The first-order chi connectivity index (χ1) is 8.95. The lowest BCUT2D eigenvalue weighted by molar-refractivity contribution is -0.143. The second kappa shape index (κ2) is 5.51. The van der Waals surface area contributed by atoms with E-state index >= 15 is 0 Å². The van der Waals surface area contributed by atoms with E-state index in [1.165, 1.54) is 0 Å². The van der Waals surface area contributed by atoms with Crippen molar-refractivity contribution in [2.75, 3.05) is 14.1 Å². The van der Waals surface area contributed by atoms with Gasteiger partial charge >= 0.3 is 5.97 Å². The molecule has 104 valence electrons. The predicted molar refractivity (Wildman–Crippen MR) is 76.6 cm³/mol. The van der Waals surface area contributed by atoms with E-state index in [-0.39, 0.29) is 0 Å². The first-order valence-corrected chi connectivity index (χ1v) is 7.00. The van der Waals surface area contributed by atoms with Crippen LogP contribution in [0.2, 0.25) is 5.02 Å². The maximum absolute atomic E-state index is 11.6. The molecule has 0 saturated heterocycles. The molecule has 0 spiro atoms. The summed E-state index contributed by atoms with van der Waals surface area (Å²) in [6, 6.07) is 5.74. The third-order valence-electron chi connectivity index (χ3n) is 3.96. The lowest BCUT2D eigenvalue weighted by atomic mass is 9.79. The van der Waals surface area contributed by atoms with Gasteiger partial charge < -0.3 is 10.0 Å². The minimum atomic E-state index is -0.722. The molecule has 0 bridgehead atoms. The number of benzene rings is 1. The van der Waals surface area contributed by atoms with Crippen LogP contribution in [0, 0.1) is 0 Å². The molecule has 1 N–H and O–H groups in total. The second-order valence-electron chi connectivity index (χ2n) is 5.64. The number of carbonyl (C=O) groups is 1. The zero-order valence-electron chi connectivity index (χ0n) is 11.4. The lowest BCUT2D eigenvalue weighted by Crippen LogP contribution is -2.32. The average molecular weight is 282 g/mol. The Bertz CT molecular complexity index is 479. The van der Waals surface area contributed by atoms with Crippen molar-refractivity contribution >= 4 is 17.6 Å². The summed E-state index contributed by atoms with van der Waals surface area (Å²) < 4.78 is 0. The second-order valence-corrected chi connectivity index (χ2v) is 6.05. The molecule has 1 aromatic carbocycles. The summed E-state index contributed by atoms with van der Waals surface area (Å²) >= 11 is 6.30. The van der Waals surface area contributed by atoms with E-state index in [1.54, 1.807) is 0 Å². The van der Waals surface area contributed by atoms with E-state index in [0.717, 1.165) is 30.5 Å². The summed E-state index contributed by atoms with van der Waals surface area (Å²) in [4.78, 5) is 13.7. The van der Waals surface area contributed by atoms with Gasteiger partial charge in [0.15, 0.2) is 0 Å². The largest absolute Gasteiger partial charge is 0.481 e. The van der Waals surface area contributed by atoms with Crippen molar-refractivity contribution in [1.82, 2.24) is 4.90 Å². The molecular formula is C15H20ClNO2. The predicted octanol–water partition coefficient (Wildman–Crippen LogP) is 3.30. The van der Waals surface area contributed by atoms with Gasteiger partial charge in [0.05, 0.1) is 5.41 Å². The zero-order valence-corrected chi connectivity index (χ0v) is 12.2. The molecule has 3 nitrogen and oxygen atoms in total. The summed E-state index contributed by atoms with van der Waals surface area (Å²) in [6.07, 6.45) is 3.38. The highest BCUT2D eigenvalue weighted by atomic mass is 35.5. The highest BCUT2D eigenvalue weighted by Gasteiger charge is 2.43. The van der Waals surface area contributed by atoms with E-state index in [1.807, 2.05) is 37.2 Å². The molecule has 0 aromatic heterocycles. The molecule has 1 fully saturated rings. The minimum Gasteiger partial charge on any atom is -0.481 e. The van der Waals surface area contributed by atoms with Gasteiger partial charge in [-0.15, -0.1) is 0 Å². The molecule has 0 radical (unpaired) electrons. The standard InChI is InChI=1S/C15H20ClNO2/c1-17(2)10-11-5-6-12(9-13(11)16)15(14(18)19)7-3-4-8-15/h5-6,9H,3-4,7-8,10H2,1-2H3,(H,18,19). The molecule has 1 aliphatic rings. The van der Waals surface area contributed by atoms with E-state index in [2.05, 4.69) is 0 Å². The first-order valence-electron chi connectivity index (χ1n) is 6.63. The molecule has 1 saturated carbocycles. The summed E-state index contributed by atoms with van der Waals surface area (Å²) in [5.74, 6) is -0.721. The van der Waals surface area contributed by atoms with Gasteiger partial charge in [0.1, 0.15) is 0 Å². The number of hydrogen-bond donors (Lipinski definition) is 1. The van der Waals surface area contributed by atoms with Crippen LogP contribution < -0.4 is 0 Å². The van der Waals surface area contributed by atoms with E-state index in [9.17, 15) is 9.90 Å². The maximum atomic E-state index is 11.6. The zero-order chi connectivity index (χ0) is 14.0. The Labute approximate surface area is 119 Å². The molecule has 0 heterocycles. The lowest BCUT2D eigenvalue weighted by Gasteiger charge is -2.25. The van der Waals surface area contributed by atoms with Crippen molar-refractivity contribution < 1.29 is 9.90 Å². The van der Waals surface area contributed by atoms with Crippen molar-refractivity contribution in [2.24, 2.45) is 0 Å². The van der Waals surface area contributed by atoms with Crippen LogP contribution in [0.5, 0.6) is 0 Å². The van der Waals surface area contributed by atoms with Crippen LogP contribution in [-0.4, -0.2) is 30.1 Å². The molecule has 0 unspecified atom stereocenters. The molecule has 1 aliphatic carbocycles. The number of rotatable bonds is 4. The molecule has 0 amide bonds. The van der Waals surface area contributed by atoms with Crippen LogP contribution in [0.3, 0.4) is 0 Å². The number of nitrogens with zero attached hydrogens (tertiary/aromatic N) is 1. The summed E-state index contributed by atoms with van der Waals surface area (Å²) in [5, 5.41) is 10.2. The van der Waals surface area contributed by atoms with Crippen LogP contribution >= 0.6 is 11.6 Å². The van der Waals surface area contributed by atoms with Crippen molar-refractivity contribution in [1.29, 1.82) is 0 Å². The molecule has 1 aromatic rings. The smallest absolute Gasteiger partial charge is 0.314 e. The van der Waals surface area contributed by atoms with Gasteiger partial charge in [-0.3, -0.25) is 4.79 Å². The van der Waals surface area contributed by atoms with Crippen LogP contribution in [0.25, 0.3) is 0 Å². The van der Waals surface area contributed by atoms with E-state index in [0.29, 0.717) is 17.9 Å². The fraction of sp³-hybridized carbons (Fsp3) is 0.533. The third-order valence-corrected chi connectivity index (χ3v) is 4.31. The van der Waals surface area contributed by atoms with Gasteiger partial charge in [-0.05, 0) is 44.1 Å². The number of halogens is 1. The van der Waals surface area contributed by atoms with Crippen LogP contribution in [-0.2, 0) is 16.8 Å². The number of hydrogen-bond acceptors (Lipinski definition) is 2. The van der Waals surface area contributed by atoms with Crippen molar-refractivity contribution in [2.45, 2.75) is 37.6 Å². The van der Waals surface area contributed by atoms with Crippen LogP contribution in [0.4, 0.5) is 0 Å². The number of aliphatic carboxylic acids is 1. The Morgan fingerprint density at radius 3 is 2.47 bits per heavy atom. The molecule has 4 heteroatoms. The highest BCUT2D eigenvalue weighted by molar-refractivity contribution is 6.31. The SMILES string of the molecule is CN(C)Cc1ccc(C2(C(=O)O)CCCC2)cc1Cl. The van der Waals surface area contributed by atoms with Crippen molar-refractivity contribution in [3.8, 4) is 0 Å². The number of carboxylic acids is 1. The Morgan fingerprint density at radius 2 is 2.00 bits per heavy atom. The van der Waals surface area contributed by atoms with E-state index in [4.69, 9.17) is 11.6 Å². The quantitative estimate of drug-likeness (QED) is 0.921. The van der Waals surface area contributed by atoms with Gasteiger partial charge in [0, 0.05) is 11.6 Å².